The molecular formula is C14H10ClF2I. The number of alkyl halides is 1. The molecule has 0 aromatic heterocycles. The van der Waals surface area contributed by atoms with E-state index in [9.17, 15) is 8.78 Å². The van der Waals surface area contributed by atoms with Crippen LogP contribution in [0.3, 0.4) is 0 Å². The molecule has 0 amide bonds. The van der Waals surface area contributed by atoms with Crippen LogP contribution in [-0.4, -0.2) is 0 Å². The lowest BCUT2D eigenvalue weighted by Crippen LogP contribution is -2.01. The Morgan fingerprint density at radius 1 is 1.06 bits per heavy atom. The van der Waals surface area contributed by atoms with Gasteiger partial charge in [-0.2, -0.15) is 0 Å². The van der Waals surface area contributed by atoms with Gasteiger partial charge in [0.25, 0.3) is 0 Å². The highest BCUT2D eigenvalue weighted by molar-refractivity contribution is 14.1. The number of hydrogen-bond donors (Lipinski definition) is 0. The van der Waals surface area contributed by atoms with Crippen LogP contribution in [0.1, 0.15) is 16.5 Å². The van der Waals surface area contributed by atoms with Crippen LogP contribution >= 0.6 is 34.2 Å². The van der Waals surface area contributed by atoms with Gasteiger partial charge >= 0.3 is 0 Å². The minimum Gasteiger partial charge on any atom is -0.207 e. The number of hydrogen-bond acceptors (Lipinski definition) is 0. The first-order chi connectivity index (χ1) is 8.58. The Kier molecular flexibility index (Phi) is 4.56. The lowest BCUT2D eigenvalue weighted by Gasteiger charge is -2.11. The Labute approximate surface area is 123 Å². The van der Waals surface area contributed by atoms with Gasteiger partial charge in [-0.3, -0.25) is 0 Å². The van der Waals surface area contributed by atoms with Crippen LogP contribution in [0.5, 0.6) is 0 Å². The molecule has 0 saturated carbocycles. The molecule has 0 aliphatic heterocycles. The molecule has 0 aliphatic rings. The van der Waals surface area contributed by atoms with Crippen LogP contribution in [0.4, 0.5) is 8.78 Å². The average molecular weight is 379 g/mol. The zero-order valence-corrected chi connectivity index (χ0v) is 12.3. The number of halogens is 4. The van der Waals surface area contributed by atoms with Crippen LogP contribution in [0.25, 0.3) is 0 Å². The van der Waals surface area contributed by atoms with Crippen molar-refractivity contribution in [3.05, 3.63) is 68.8 Å². The molecule has 2 aromatic rings. The Hall–Kier alpha value is -0.680. The maximum atomic E-state index is 13.5. The van der Waals surface area contributed by atoms with Gasteiger partial charge < -0.3 is 0 Å². The van der Waals surface area contributed by atoms with Crippen molar-refractivity contribution < 1.29 is 8.78 Å². The summed E-state index contributed by atoms with van der Waals surface area (Å²) in [6.07, 6.45) is 0.139. The average Bonchev–Trinajstić information content (AvgIpc) is 2.34. The van der Waals surface area contributed by atoms with Crippen LogP contribution in [0.2, 0.25) is 0 Å². The second-order valence-electron chi connectivity index (χ2n) is 3.93. The zero-order valence-electron chi connectivity index (χ0n) is 9.34. The molecule has 1 unspecified atom stereocenters. The third kappa shape index (κ3) is 3.20. The maximum absolute atomic E-state index is 13.5. The molecule has 0 aliphatic carbocycles. The van der Waals surface area contributed by atoms with E-state index in [1.807, 2.05) is 24.3 Å². The first-order valence-electron chi connectivity index (χ1n) is 5.40. The summed E-state index contributed by atoms with van der Waals surface area (Å²) in [5, 5.41) is -0.439. The predicted molar refractivity (Wildman–Crippen MR) is 77.8 cm³/mol. The molecule has 0 fully saturated rings. The summed E-state index contributed by atoms with van der Waals surface area (Å²) >= 11 is 8.40. The monoisotopic (exact) mass is 378 g/mol. The molecule has 0 N–H and O–H groups in total. The summed E-state index contributed by atoms with van der Waals surface area (Å²) in [5.41, 5.74) is 0.905. The van der Waals surface area contributed by atoms with E-state index in [2.05, 4.69) is 22.6 Å². The van der Waals surface area contributed by atoms with Crippen molar-refractivity contribution in [3.8, 4) is 0 Å². The normalized spacial score (nSPS) is 12.4. The van der Waals surface area contributed by atoms with E-state index in [-0.39, 0.29) is 12.0 Å². The third-order valence-electron chi connectivity index (χ3n) is 2.66. The first kappa shape index (κ1) is 13.7. The Bertz CT molecular complexity index is 537. The van der Waals surface area contributed by atoms with Crippen LogP contribution in [0.15, 0.2) is 42.5 Å². The summed E-state index contributed by atoms with van der Waals surface area (Å²) < 4.78 is 28.1. The molecule has 0 spiro atoms. The van der Waals surface area contributed by atoms with E-state index < -0.39 is 17.0 Å². The van der Waals surface area contributed by atoms with E-state index in [0.29, 0.717) is 0 Å². The zero-order chi connectivity index (χ0) is 13.1. The molecule has 1 atom stereocenters. The molecule has 2 aromatic carbocycles. The molecule has 0 saturated heterocycles. The van der Waals surface area contributed by atoms with Gasteiger partial charge in [-0.1, -0.05) is 18.2 Å². The highest BCUT2D eigenvalue weighted by atomic mass is 127. The van der Waals surface area contributed by atoms with Gasteiger partial charge in [-0.15, -0.1) is 11.6 Å². The molecule has 0 radical (unpaired) electrons. The van der Waals surface area contributed by atoms with Gasteiger partial charge in [0.1, 0.15) is 11.6 Å². The van der Waals surface area contributed by atoms with Crippen LogP contribution < -0.4 is 0 Å². The van der Waals surface area contributed by atoms with E-state index >= 15 is 0 Å². The fraction of sp³-hybridized carbons (Fsp3) is 0.143. The predicted octanol–water partition coefficient (Wildman–Crippen LogP) is 5.09. The molecule has 0 bridgehead atoms. The van der Waals surface area contributed by atoms with Crippen molar-refractivity contribution in [2.24, 2.45) is 0 Å². The third-order valence-corrected chi connectivity index (χ3v) is 3.73. The maximum Gasteiger partial charge on any atom is 0.129 e. The Morgan fingerprint density at radius 3 is 2.28 bits per heavy atom. The van der Waals surface area contributed by atoms with Gasteiger partial charge in [0.2, 0.25) is 0 Å². The Balaban J connectivity index is 2.24. The largest absolute Gasteiger partial charge is 0.207 e. The lowest BCUT2D eigenvalue weighted by molar-refractivity contribution is 0.553. The van der Waals surface area contributed by atoms with Crippen LogP contribution in [0, 0.1) is 15.2 Å². The lowest BCUT2D eigenvalue weighted by atomic mass is 10.0. The summed E-state index contributed by atoms with van der Waals surface area (Å²) in [7, 11) is 0. The molecular weight excluding hydrogens is 369 g/mol. The van der Waals surface area contributed by atoms with Crippen molar-refractivity contribution in [3.63, 3.8) is 0 Å². The summed E-state index contributed by atoms with van der Waals surface area (Å²) in [4.78, 5) is 0. The van der Waals surface area contributed by atoms with Gasteiger partial charge in [0.05, 0.1) is 5.38 Å². The molecule has 2 rings (SSSR count). The molecule has 4 heteroatoms. The van der Waals surface area contributed by atoms with Crippen molar-refractivity contribution in [2.45, 2.75) is 11.8 Å². The molecule has 0 nitrogen and oxygen atoms in total. The minimum atomic E-state index is -0.550. The summed E-state index contributed by atoms with van der Waals surface area (Å²) in [5.74, 6) is -1.10. The second kappa shape index (κ2) is 5.97. The van der Waals surface area contributed by atoms with E-state index in [4.69, 9.17) is 11.6 Å². The fourth-order valence-electron chi connectivity index (χ4n) is 1.73. The van der Waals surface area contributed by atoms with Crippen molar-refractivity contribution in [1.29, 1.82) is 0 Å². The smallest absolute Gasteiger partial charge is 0.129 e. The minimum absolute atomic E-state index is 0.0383. The van der Waals surface area contributed by atoms with E-state index in [1.54, 1.807) is 0 Å². The van der Waals surface area contributed by atoms with Crippen molar-refractivity contribution in [1.82, 2.24) is 0 Å². The molecule has 18 heavy (non-hydrogen) atoms. The van der Waals surface area contributed by atoms with E-state index in [0.717, 1.165) is 9.13 Å². The van der Waals surface area contributed by atoms with Gasteiger partial charge in [0.15, 0.2) is 0 Å². The topological polar surface area (TPSA) is 0 Å². The SMILES string of the molecule is Fc1cccc(F)c1CC(Cl)c1cccc(I)c1. The molecule has 94 valence electrons. The van der Waals surface area contributed by atoms with Gasteiger partial charge in [-0.05, 0) is 58.8 Å². The highest BCUT2D eigenvalue weighted by Crippen LogP contribution is 2.28. The highest BCUT2D eigenvalue weighted by Gasteiger charge is 2.15. The number of rotatable bonds is 3. The fourth-order valence-corrected chi connectivity index (χ4v) is 2.58. The Morgan fingerprint density at radius 2 is 1.67 bits per heavy atom. The molecule has 0 heterocycles. The van der Waals surface area contributed by atoms with Crippen LogP contribution in [-0.2, 0) is 6.42 Å². The summed E-state index contributed by atoms with van der Waals surface area (Å²) in [6.45, 7) is 0. The first-order valence-corrected chi connectivity index (χ1v) is 6.92. The van der Waals surface area contributed by atoms with Gasteiger partial charge in [0, 0.05) is 9.13 Å². The number of benzene rings is 2. The summed E-state index contributed by atoms with van der Waals surface area (Å²) in [6, 6.07) is 11.4. The quantitative estimate of drug-likeness (QED) is 0.515. The second-order valence-corrected chi connectivity index (χ2v) is 5.70. The van der Waals surface area contributed by atoms with E-state index in [1.165, 1.54) is 18.2 Å². The van der Waals surface area contributed by atoms with Crippen molar-refractivity contribution in [2.75, 3.05) is 0 Å². The van der Waals surface area contributed by atoms with Crippen molar-refractivity contribution >= 4 is 34.2 Å². The van der Waals surface area contributed by atoms with Gasteiger partial charge in [-0.25, -0.2) is 8.78 Å². The standard InChI is InChI=1S/C14H10ClF2I/c15-12(9-3-1-4-10(18)7-9)8-11-13(16)5-2-6-14(11)17/h1-7,12H,8H2.